The van der Waals surface area contributed by atoms with Crippen LogP contribution in [-0.4, -0.2) is 0 Å². The molecule has 0 bridgehead atoms. The molecule has 0 aromatic carbocycles. The van der Waals surface area contributed by atoms with E-state index in [4.69, 9.17) is 0 Å². The molecule has 46 valence electrons. The zero-order valence-corrected chi connectivity index (χ0v) is 5.72. The van der Waals surface area contributed by atoms with Gasteiger partial charge in [0, 0.05) is 0 Å². The zero-order valence-electron chi connectivity index (χ0n) is 5.72. The Morgan fingerprint density at radius 1 is 0.875 bits per heavy atom. The summed E-state index contributed by atoms with van der Waals surface area (Å²) in [6, 6.07) is 0. The van der Waals surface area contributed by atoms with Crippen molar-refractivity contribution in [1.29, 1.82) is 0 Å². The average Bonchev–Trinajstić information content (AvgIpc) is 1.88. The summed E-state index contributed by atoms with van der Waals surface area (Å²) in [7, 11) is 0. The van der Waals surface area contributed by atoms with Crippen LogP contribution in [0.3, 0.4) is 0 Å². The molecule has 0 N–H and O–H groups in total. The first kappa shape index (κ1) is 10.3. The van der Waals surface area contributed by atoms with E-state index in [0.717, 1.165) is 0 Å². The Morgan fingerprint density at radius 2 is 1.12 bits per heavy atom. The van der Waals surface area contributed by atoms with Crippen LogP contribution in [0.1, 0.15) is 13.8 Å². The first-order chi connectivity index (χ1) is 3.83. The SMILES string of the molecule is C=CC=C.CC=CC. The Labute approximate surface area is 52.2 Å². The molecule has 0 spiro atoms. The van der Waals surface area contributed by atoms with E-state index in [1.165, 1.54) is 0 Å². The molecule has 0 heterocycles. The summed E-state index contributed by atoms with van der Waals surface area (Å²) in [4.78, 5) is 0. The van der Waals surface area contributed by atoms with Crippen LogP contribution in [0.2, 0.25) is 0 Å². The monoisotopic (exact) mass is 110 g/mol. The highest BCUT2D eigenvalue weighted by atomic mass is 13.4. The molecule has 0 unspecified atom stereocenters. The van der Waals surface area contributed by atoms with E-state index in [9.17, 15) is 0 Å². The molecular weight excluding hydrogens is 96.1 g/mol. The highest BCUT2D eigenvalue weighted by Gasteiger charge is 1.34. The molecule has 8 heavy (non-hydrogen) atoms. The Hall–Kier alpha value is -0.780. The minimum atomic E-state index is 1.64. The van der Waals surface area contributed by atoms with Crippen LogP contribution in [0, 0.1) is 0 Å². The molecular formula is C8H14. The van der Waals surface area contributed by atoms with Crippen LogP contribution in [0.5, 0.6) is 0 Å². The van der Waals surface area contributed by atoms with Crippen molar-refractivity contribution >= 4 is 0 Å². The third-order valence-corrected chi connectivity index (χ3v) is 0.500. The number of allylic oxidation sites excluding steroid dienone is 4. The minimum Gasteiger partial charge on any atom is -0.0991 e. The fraction of sp³-hybridized carbons (Fsp3) is 0.250. The van der Waals surface area contributed by atoms with Gasteiger partial charge in [-0.15, -0.1) is 0 Å². The van der Waals surface area contributed by atoms with E-state index in [1.807, 2.05) is 26.0 Å². The number of hydrogen-bond acceptors (Lipinski definition) is 0. The highest BCUT2D eigenvalue weighted by molar-refractivity contribution is 4.88. The maximum absolute atomic E-state index is 3.36. The predicted octanol–water partition coefficient (Wildman–Crippen LogP) is 2.94. The van der Waals surface area contributed by atoms with Crippen LogP contribution in [0.4, 0.5) is 0 Å². The summed E-state index contributed by atoms with van der Waals surface area (Å²) in [5, 5.41) is 0. The van der Waals surface area contributed by atoms with Crippen molar-refractivity contribution in [2.24, 2.45) is 0 Å². The normalized spacial score (nSPS) is 7.25. The standard InChI is InChI=1S/C4H8.C4H6/c2*1-3-4-2/h3-4H,1-2H3;3-4H,1-2H2. The van der Waals surface area contributed by atoms with Gasteiger partial charge in [-0.25, -0.2) is 0 Å². The van der Waals surface area contributed by atoms with Gasteiger partial charge in [-0.3, -0.25) is 0 Å². The van der Waals surface area contributed by atoms with Crippen molar-refractivity contribution in [3.63, 3.8) is 0 Å². The van der Waals surface area contributed by atoms with Gasteiger partial charge in [0.2, 0.25) is 0 Å². The summed E-state index contributed by atoms with van der Waals surface area (Å²) in [6.07, 6.45) is 7.28. The predicted molar refractivity (Wildman–Crippen MR) is 40.9 cm³/mol. The molecule has 0 aromatic rings. The fourth-order valence-electron chi connectivity index (χ4n) is 0. The van der Waals surface area contributed by atoms with Gasteiger partial charge in [-0.1, -0.05) is 37.5 Å². The van der Waals surface area contributed by atoms with Crippen LogP contribution in [0.25, 0.3) is 0 Å². The molecule has 0 radical (unpaired) electrons. The van der Waals surface area contributed by atoms with E-state index in [0.29, 0.717) is 0 Å². The van der Waals surface area contributed by atoms with E-state index in [2.05, 4.69) is 13.2 Å². The van der Waals surface area contributed by atoms with E-state index in [-0.39, 0.29) is 0 Å². The van der Waals surface area contributed by atoms with Crippen molar-refractivity contribution in [3.05, 3.63) is 37.5 Å². The lowest BCUT2D eigenvalue weighted by Crippen LogP contribution is -1.26. The first-order valence-corrected chi connectivity index (χ1v) is 2.64. The maximum Gasteiger partial charge on any atom is -0.0470 e. The molecule has 0 atom stereocenters. The number of rotatable bonds is 1. The molecule has 0 fully saturated rings. The molecule has 0 aromatic heterocycles. The summed E-state index contributed by atoms with van der Waals surface area (Å²) < 4.78 is 0. The van der Waals surface area contributed by atoms with Crippen molar-refractivity contribution in [2.75, 3.05) is 0 Å². The van der Waals surface area contributed by atoms with Gasteiger partial charge in [-0.05, 0) is 13.8 Å². The quantitative estimate of drug-likeness (QED) is 0.359. The Kier molecular flexibility index (Phi) is 20.9. The largest absolute Gasteiger partial charge is 0.0991 e. The van der Waals surface area contributed by atoms with Crippen molar-refractivity contribution in [3.8, 4) is 0 Å². The molecule has 0 saturated heterocycles. The van der Waals surface area contributed by atoms with Gasteiger partial charge in [0.05, 0.1) is 0 Å². The van der Waals surface area contributed by atoms with E-state index < -0.39 is 0 Å². The maximum atomic E-state index is 3.36. The van der Waals surface area contributed by atoms with Gasteiger partial charge in [0.15, 0.2) is 0 Å². The smallest absolute Gasteiger partial charge is 0.0470 e. The van der Waals surface area contributed by atoms with Crippen LogP contribution >= 0.6 is 0 Å². The molecule has 0 aliphatic rings. The second-order valence-corrected chi connectivity index (χ2v) is 1.14. The summed E-state index contributed by atoms with van der Waals surface area (Å²) in [5.41, 5.74) is 0. The summed E-state index contributed by atoms with van der Waals surface area (Å²) in [6.45, 7) is 10.7. The summed E-state index contributed by atoms with van der Waals surface area (Å²) >= 11 is 0. The average molecular weight is 110 g/mol. The van der Waals surface area contributed by atoms with Gasteiger partial charge >= 0.3 is 0 Å². The molecule has 0 aliphatic carbocycles. The lowest BCUT2D eigenvalue weighted by Gasteiger charge is -1.49. The minimum absolute atomic E-state index is 1.64. The zero-order chi connectivity index (χ0) is 6.83. The third kappa shape index (κ3) is 62.5. The Balaban J connectivity index is 0. The lowest BCUT2D eigenvalue weighted by atomic mass is 10.6. The van der Waals surface area contributed by atoms with Gasteiger partial charge in [0.1, 0.15) is 0 Å². The van der Waals surface area contributed by atoms with E-state index >= 15 is 0 Å². The second-order valence-electron chi connectivity index (χ2n) is 1.14. The van der Waals surface area contributed by atoms with E-state index in [1.54, 1.807) is 12.2 Å². The molecule has 0 heteroatoms. The summed E-state index contributed by atoms with van der Waals surface area (Å²) in [5.74, 6) is 0. The molecule has 0 saturated carbocycles. The molecule has 0 rings (SSSR count). The molecule has 0 aliphatic heterocycles. The third-order valence-electron chi connectivity index (χ3n) is 0.500. The van der Waals surface area contributed by atoms with Gasteiger partial charge < -0.3 is 0 Å². The van der Waals surface area contributed by atoms with Gasteiger partial charge in [0.25, 0.3) is 0 Å². The van der Waals surface area contributed by atoms with Crippen molar-refractivity contribution in [1.82, 2.24) is 0 Å². The first-order valence-electron chi connectivity index (χ1n) is 2.64. The second kappa shape index (κ2) is 16.3. The highest BCUT2D eigenvalue weighted by Crippen LogP contribution is 1.57. The van der Waals surface area contributed by atoms with Crippen LogP contribution in [-0.2, 0) is 0 Å². The lowest BCUT2D eigenvalue weighted by molar-refractivity contribution is 1.64. The number of hydrogen-bond donors (Lipinski definition) is 0. The van der Waals surface area contributed by atoms with Gasteiger partial charge in [-0.2, -0.15) is 0 Å². The topological polar surface area (TPSA) is 0 Å². The fourth-order valence-corrected chi connectivity index (χ4v) is 0. The molecule has 0 nitrogen and oxygen atoms in total. The van der Waals surface area contributed by atoms with Crippen molar-refractivity contribution < 1.29 is 0 Å². The van der Waals surface area contributed by atoms with Crippen LogP contribution < -0.4 is 0 Å². The van der Waals surface area contributed by atoms with Crippen molar-refractivity contribution in [2.45, 2.75) is 13.8 Å². The Morgan fingerprint density at radius 3 is 1.12 bits per heavy atom. The van der Waals surface area contributed by atoms with Crippen LogP contribution in [0.15, 0.2) is 37.5 Å². The molecule has 0 amide bonds. The Bertz CT molecular complexity index is 58.1.